The lowest BCUT2D eigenvalue weighted by molar-refractivity contribution is 0.590. The second kappa shape index (κ2) is 7.48. The van der Waals surface area contributed by atoms with Gasteiger partial charge in [-0.05, 0) is 23.1 Å². The monoisotopic (exact) mass is 405 g/mol. The van der Waals surface area contributed by atoms with Gasteiger partial charge in [0.15, 0.2) is 11.0 Å². The number of nitrogens with zero attached hydrogens (tertiary/aromatic N) is 5. The highest BCUT2D eigenvalue weighted by atomic mass is 32.2. The summed E-state index contributed by atoms with van der Waals surface area (Å²) in [6.07, 6.45) is 1.72. The van der Waals surface area contributed by atoms with Gasteiger partial charge in [-0.1, -0.05) is 62.9 Å². The van der Waals surface area contributed by atoms with Crippen LogP contribution in [0.4, 0.5) is 0 Å². The van der Waals surface area contributed by atoms with Gasteiger partial charge in [0.25, 0.3) is 5.56 Å². The summed E-state index contributed by atoms with van der Waals surface area (Å²) in [7, 11) is 1.96. The molecule has 0 spiro atoms. The molecule has 1 aromatic carbocycles. The molecule has 0 saturated heterocycles. The summed E-state index contributed by atoms with van der Waals surface area (Å²) in [5, 5.41) is 9.48. The van der Waals surface area contributed by atoms with Crippen LogP contribution in [0.1, 0.15) is 32.0 Å². The summed E-state index contributed by atoms with van der Waals surface area (Å²) >= 11 is 1.52. The van der Waals surface area contributed by atoms with Crippen LogP contribution in [-0.4, -0.2) is 24.1 Å². The van der Waals surface area contributed by atoms with Crippen molar-refractivity contribution in [2.45, 2.75) is 37.1 Å². The van der Waals surface area contributed by atoms with Crippen molar-refractivity contribution >= 4 is 17.4 Å². The zero-order valence-electron chi connectivity index (χ0n) is 17.0. The lowest BCUT2D eigenvalue weighted by atomic mass is 9.87. The number of rotatable bonds is 4. The van der Waals surface area contributed by atoms with E-state index in [2.05, 4.69) is 60.2 Å². The van der Waals surface area contributed by atoms with Crippen molar-refractivity contribution in [3.8, 4) is 11.4 Å². The van der Waals surface area contributed by atoms with E-state index in [1.54, 1.807) is 12.3 Å². The minimum Gasteiger partial charge on any atom is -0.305 e. The topological polar surface area (TPSA) is 65.1 Å². The van der Waals surface area contributed by atoms with Gasteiger partial charge < -0.3 is 4.57 Å². The summed E-state index contributed by atoms with van der Waals surface area (Å²) in [5.41, 5.74) is 3.72. The van der Waals surface area contributed by atoms with Crippen molar-refractivity contribution in [2.75, 3.05) is 0 Å². The van der Waals surface area contributed by atoms with Crippen LogP contribution >= 0.6 is 11.8 Å². The van der Waals surface area contributed by atoms with Crippen LogP contribution in [0.25, 0.3) is 17.0 Å². The Morgan fingerprint density at radius 3 is 2.52 bits per heavy atom. The van der Waals surface area contributed by atoms with Gasteiger partial charge in [-0.3, -0.25) is 9.20 Å². The van der Waals surface area contributed by atoms with E-state index in [1.165, 1.54) is 21.7 Å². The second-order valence-electron chi connectivity index (χ2n) is 8.00. The predicted molar refractivity (Wildman–Crippen MR) is 116 cm³/mol. The molecule has 148 valence electrons. The molecule has 0 saturated carbocycles. The van der Waals surface area contributed by atoms with Gasteiger partial charge in [0.2, 0.25) is 0 Å². The summed E-state index contributed by atoms with van der Waals surface area (Å²) in [5.74, 6) is 1.37. The Morgan fingerprint density at radius 2 is 1.79 bits per heavy atom. The lowest BCUT2D eigenvalue weighted by Gasteiger charge is -2.19. The number of fused-ring (bicyclic) bond motifs is 1. The molecule has 4 aromatic rings. The molecular weight excluding hydrogens is 382 g/mol. The fraction of sp³-hybridized carbons (Fsp3) is 0.273. The number of pyridine rings is 1. The number of aromatic nitrogens is 5. The third kappa shape index (κ3) is 3.96. The average molecular weight is 406 g/mol. The number of benzene rings is 1. The Labute approximate surface area is 173 Å². The first kappa shape index (κ1) is 19.4. The molecule has 7 heteroatoms. The highest BCUT2D eigenvalue weighted by Gasteiger charge is 2.16. The zero-order valence-corrected chi connectivity index (χ0v) is 17.8. The van der Waals surface area contributed by atoms with Crippen LogP contribution in [0.2, 0.25) is 0 Å². The van der Waals surface area contributed by atoms with Crippen LogP contribution in [0, 0.1) is 0 Å². The smallest absolute Gasteiger partial charge is 0.258 e. The highest BCUT2D eigenvalue weighted by Crippen LogP contribution is 2.27. The molecule has 0 amide bonds. The van der Waals surface area contributed by atoms with Crippen LogP contribution in [0.5, 0.6) is 0 Å². The fourth-order valence-electron chi connectivity index (χ4n) is 3.13. The van der Waals surface area contributed by atoms with Gasteiger partial charge in [-0.2, -0.15) is 0 Å². The van der Waals surface area contributed by atoms with Crippen molar-refractivity contribution in [3.05, 3.63) is 76.3 Å². The quantitative estimate of drug-likeness (QED) is 0.479. The van der Waals surface area contributed by atoms with Crippen molar-refractivity contribution in [1.82, 2.24) is 24.1 Å². The van der Waals surface area contributed by atoms with Crippen molar-refractivity contribution in [1.29, 1.82) is 0 Å². The maximum atomic E-state index is 12.2. The average Bonchev–Trinajstić information content (AvgIpc) is 3.06. The normalized spacial score (nSPS) is 11.9. The zero-order chi connectivity index (χ0) is 20.6. The van der Waals surface area contributed by atoms with E-state index in [9.17, 15) is 4.79 Å². The Kier molecular flexibility index (Phi) is 5.00. The molecule has 0 bridgehead atoms. The molecule has 3 heterocycles. The summed E-state index contributed by atoms with van der Waals surface area (Å²) in [6.45, 7) is 6.60. The van der Waals surface area contributed by atoms with Gasteiger partial charge >= 0.3 is 0 Å². The molecule has 29 heavy (non-hydrogen) atoms. The third-order valence-electron chi connectivity index (χ3n) is 4.82. The first-order valence-corrected chi connectivity index (χ1v) is 10.4. The Balaban J connectivity index is 1.54. The van der Waals surface area contributed by atoms with Gasteiger partial charge in [0.1, 0.15) is 5.65 Å². The largest absolute Gasteiger partial charge is 0.305 e. The first-order valence-electron chi connectivity index (χ1n) is 9.43. The van der Waals surface area contributed by atoms with Gasteiger partial charge in [0.05, 0.1) is 5.69 Å². The van der Waals surface area contributed by atoms with Crippen molar-refractivity contribution < 1.29 is 0 Å². The molecule has 3 aromatic heterocycles. The van der Waals surface area contributed by atoms with E-state index in [1.807, 2.05) is 29.8 Å². The second-order valence-corrected chi connectivity index (χ2v) is 8.94. The molecule has 0 N–H and O–H groups in total. The van der Waals surface area contributed by atoms with E-state index in [-0.39, 0.29) is 11.0 Å². The molecule has 0 atom stereocenters. The Bertz CT molecular complexity index is 1220. The molecule has 0 aliphatic carbocycles. The standard InChI is InChI=1S/C22H23N5OS/c1-22(2,3)16-10-8-15(9-11-16)20-24-25-21(26(20)4)29-14-17-13-19(28)27-12-6-5-7-18(27)23-17/h5-13H,14H2,1-4H3. The molecule has 4 rings (SSSR count). The summed E-state index contributed by atoms with van der Waals surface area (Å²) in [4.78, 5) is 16.8. The molecule has 0 aliphatic heterocycles. The maximum absolute atomic E-state index is 12.2. The molecular formula is C22H23N5OS. The molecule has 0 radical (unpaired) electrons. The predicted octanol–water partition coefficient (Wildman–Crippen LogP) is 4.08. The molecule has 0 fully saturated rings. The number of hydrogen-bond donors (Lipinski definition) is 0. The minimum absolute atomic E-state index is 0.0798. The molecule has 0 aliphatic rings. The van der Waals surface area contributed by atoms with Crippen molar-refractivity contribution in [3.63, 3.8) is 0 Å². The van der Waals surface area contributed by atoms with E-state index in [0.29, 0.717) is 11.4 Å². The Morgan fingerprint density at radius 1 is 1.03 bits per heavy atom. The van der Waals surface area contributed by atoms with E-state index < -0.39 is 0 Å². The van der Waals surface area contributed by atoms with Gasteiger partial charge in [-0.15, -0.1) is 10.2 Å². The number of hydrogen-bond acceptors (Lipinski definition) is 5. The third-order valence-corrected chi connectivity index (χ3v) is 5.87. The molecule has 0 unspecified atom stereocenters. The lowest BCUT2D eigenvalue weighted by Crippen LogP contribution is -2.14. The minimum atomic E-state index is -0.0798. The van der Waals surface area contributed by atoms with E-state index in [4.69, 9.17) is 0 Å². The van der Waals surface area contributed by atoms with E-state index >= 15 is 0 Å². The summed E-state index contributed by atoms with van der Waals surface area (Å²) < 4.78 is 3.51. The van der Waals surface area contributed by atoms with Crippen molar-refractivity contribution in [2.24, 2.45) is 7.05 Å². The highest BCUT2D eigenvalue weighted by molar-refractivity contribution is 7.98. The van der Waals surface area contributed by atoms with Crippen LogP contribution < -0.4 is 5.56 Å². The number of thioether (sulfide) groups is 1. The molecule has 6 nitrogen and oxygen atoms in total. The van der Waals surface area contributed by atoms with E-state index in [0.717, 1.165) is 22.2 Å². The fourth-order valence-corrected chi connectivity index (χ4v) is 3.93. The van der Waals surface area contributed by atoms with Crippen LogP contribution in [-0.2, 0) is 18.2 Å². The van der Waals surface area contributed by atoms with Gasteiger partial charge in [0, 0.05) is 30.6 Å². The first-order chi connectivity index (χ1) is 13.8. The van der Waals surface area contributed by atoms with Gasteiger partial charge in [-0.25, -0.2) is 4.98 Å². The SMILES string of the molecule is Cn1c(SCc2cc(=O)n3ccccc3n2)nnc1-c1ccc(C(C)(C)C)cc1. The van der Waals surface area contributed by atoms with Crippen LogP contribution in [0.15, 0.2) is 64.7 Å². The van der Waals surface area contributed by atoms with Crippen LogP contribution in [0.3, 0.4) is 0 Å². The summed E-state index contributed by atoms with van der Waals surface area (Å²) in [6, 6.07) is 15.6. The maximum Gasteiger partial charge on any atom is 0.258 e. The Hall–Kier alpha value is -2.93.